The number of rotatable bonds is 5. The number of allylic oxidation sites excluding steroid dienone is 1. The van der Waals surface area contributed by atoms with E-state index >= 15 is 0 Å². The number of ether oxygens (including phenoxy) is 1. The highest BCUT2D eigenvalue weighted by atomic mass is 16.5. The third kappa shape index (κ3) is 3.31. The Morgan fingerprint density at radius 3 is 2.67 bits per heavy atom. The molecule has 4 heteroatoms. The number of hydrogen-bond acceptors (Lipinski definition) is 3. The molecule has 1 N–H and O–H groups in total. The van der Waals surface area contributed by atoms with Crippen LogP contribution in [-0.4, -0.2) is 19.0 Å². The predicted molar refractivity (Wildman–Crippen MR) is 70.5 cm³/mol. The SMILES string of the molecule is C=CCc1cc(C(=O)OC)ccc1NC(=O)C=C. The Morgan fingerprint density at radius 1 is 1.39 bits per heavy atom. The molecule has 0 radical (unpaired) electrons. The first-order valence-electron chi connectivity index (χ1n) is 5.38. The molecule has 0 unspecified atom stereocenters. The van der Waals surface area contributed by atoms with E-state index in [-0.39, 0.29) is 5.91 Å². The van der Waals surface area contributed by atoms with E-state index in [0.29, 0.717) is 17.7 Å². The molecule has 0 fully saturated rings. The Balaban J connectivity index is 3.10. The van der Waals surface area contributed by atoms with Crippen LogP contribution in [0.5, 0.6) is 0 Å². The average Bonchev–Trinajstić information content (AvgIpc) is 2.39. The summed E-state index contributed by atoms with van der Waals surface area (Å²) < 4.78 is 4.64. The lowest BCUT2D eigenvalue weighted by atomic mass is 10.1. The molecule has 0 heterocycles. The van der Waals surface area contributed by atoms with Gasteiger partial charge in [0, 0.05) is 5.69 Å². The van der Waals surface area contributed by atoms with Crippen molar-refractivity contribution >= 4 is 17.6 Å². The van der Waals surface area contributed by atoms with Gasteiger partial charge in [-0.1, -0.05) is 12.7 Å². The second kappa shape index (κ2) is 6.39. The van der Waals surface area contributed by atoms with Gasteiger partial charge in [0.1, 0.15) is 0 Å². The second-order valence-corrected chi connectivity index (χ2v) is 3.55. The minimum Gasteiger partial charge on any atom is -0.465 e. The topological polar surface area (TPSA) is 55.4 Å². The highest BCUT2D eigenvalue weighted by Crippen LogP contribution is 2.19. The van der Waals surface area contributed by atoms with Crippen molar-refractivity contribution in [3.8, 4) is 0 Å². The minimum absolute atomic E-state index is 0.300. The Hall–Kier alpha value is -2.36. The average molecular weight is 245 g/mol. The van der Waals surface area contributed by atoms with E-state index < -0.39 is 5.97 Å². The van der Waals surface area contributed by atoms with Gasteiger partial charge in [0.15, 0.2) is 0 Å². The number of methoxy groups -OCH3 is 1. The first kappa shape index (κ1) is 13.7. The summed E-state index contributed by atoms with van der Waals surface area (Å²) in [6.45, 7) is 7.03. The van der Waals surface area contributed by atoms with Crippen LogP contribution in [0.2, 0.25) is 0 Å². The maximum absolute atomic E-state index is 11.4. The minimum atomic E-state index is -0.415. The van der Waals surface area contributed by atoms with Gasteiger partial charge in [-0.25, -0.2) is 4.79 Å². The maximum Gasteiger partial charge on any atom is 0.337 e. The summed E-state index contributed by atoms with van der Waals surface area (Å²) in [4.78, 5) is 22.7. The van der Waals surface area contributed by atoms with Crippen molar-refractivity contribution in [2.75, 3.05) is 12.4 Å². The van der Waals surface area contributed by atoms with E-state index in [1.54, 1.807) is 24.3 Å². The molecule has 0 saturated carbocycles. The van der Waals surface area contributed by atoms with E-state index in [2.05, 4.69) is 23.2 Å². The molecule has 1 aromatic carbocycles. The van der Waals surface area contributed by atoms with Crippen LogP contribution in [0.1, 0.15) is 15.9 Å². The summed E-state index contributed by atoms with van der Waals surface area (Å²) in [5.41, 5.74) is 1.86. The molecule has 0 aliphatic carbocycles. The zero-order valence-corrected chi connectivity index (χ0v) is 10.2. The molecular formula is C14H15NO3. The van der Waals surface area contributed by atoms with Crippen molar-refractivity contribution in [1.82, 2.24) is 0 Å². The van der Waals surface area contributed by atoms with Crippen molar-refractivity contribution in [3.05, 3.63) is 54.6 Å². The predicted octanol–water partition coefficient (Wildman–Crippen LogP) is 2.33. The van der Waals surface area contributed by atoms with Gasteiger partial charge in [0.05, 0.1) is 12.7 Å². The van der Waals surface area contributed by atoms with Crippen LogP contribution in [-0.2, 0) is 16.0 Å². The third-order valence-corrected chi connectivity index (χ3v) is 2.33. The Kier molecular flexibility index (Phi) is 4.87. The van der Waals surface area contributed by atoms with Crippen molar-refractivity contribution in [1.29, 1.82) is 0 Å². The summed E-state index contributed by atoms with van der Waals surface area (Å²) in [6.07, 6.45) is 3.42. The fourth-order valence-electron chi connectivity index (χ4n) is 1.47. The lowest BCUT2D eigenvalue weighted by Gasteiger charge is -2.10. The molecule has 0 bridgehead atoms. The molecule has 0 aromatic heterocycles. The van der Waals surface area contributed by atoms with Gasteiger partial charge in [-0.05, 0) is 36.3 Å². The molecule has 4 nitrogen and oxygen atoms in total. The molecule has 0 aliphatic heterocycles. The van der Waals surface area contributed by atoms with Gasteiger partial charge in [-0.3, -0.25) is 4.79 Å². The van der Waals surface area contributed by atoms with Crippen LogP contribution in [0.25, 0.3) is 0 Å². The zero-order valence-electron chi connectivity index (χ0n) is 10.2. The highest BCUT2D eigenvalue weighted by Gasteiger charge is 2.10. The monoisotopic (exact) mass is 245 g/mol. The van der Waals surface area contributed by atoms with E-state index in [1.165, 1.54) is 13.2 Å². The number of carbonyl (C=O) groups is 2. The molecule has 0 aliphatic rings. The largest absolute Gasteiger partial charge is 0.465 e. The summed E-state index contributed by atoms with van der Waals surface area (Å²) in [7, 11) is 1.32. The van der Waals surface area contributed by atoms with E-state index in [0.717, 1.165) is 5.56 Å². The Bertz CT molecular complexity index is 492. The van der Waals surface area contributed by atoms with Gasteiger partial charge >= 0.3 is 5.97 Å². The van der Waals surface area contributed by atoms with Crippen molar-refractivity contribution in [3.63, 3.8) is 0 Å². The zero-order chi connectivity index (χ0) is 13.5. The second-order valence-electron chi connectivity index (χ2n) is 3.55. The van der Waals surface area contributed by atoms with Crippen molar-refractivity contribution in [2.24, 2.45) is 0 Å². The molecule has 94 valence electrons. The number of carbonyl (C=O) groups excluding carboxylic acids is 2. The lowest BCUT2D eigenvalue weighted by Crippen LogP contribution is -2.10. The fourth-order valence-corrected chi connectivity index (χ4v) is 1.47. The van der Waals surface area contributed by atoms with Crippen LogP contribution < -0.4 is 5.32 Å². The molecule has 0 atom stereocenters. The van der Waals surface area contributed by atoms with Gasteiger partial charge < -0.3 is 10.1 Å². The van der Waals surface area contributed by atoms with Crippen LogP contribution in [0, 0.1) is 0 Å². The van der Waals surface area contributed by atoms with Gasteiger partial charge in [-0.15, -0.1) is 6.58 Å². The van der Waals surface area contributed by atoms with Gasteiger partial charge in [0.25, 0.3) is 0 Å². The van der Waals surface area contributed by atoms with Gasteiger partial charge in [0.2, 0.25) is 5.91 Å². The van der Waals surface area contributed by atoms with Crippen molar-refractivity contribution < 1.29 is 14.3 Å². The van der Waals surface area contributed by atoms with Crippen molar-refractivity contribution in [2.45, 2.75) is 6.42 Å². The molecule has 1 aromatic rings. The molecule has 18 heavy (non-hydrogen) atoms. The first-order chi connectivity index (χ1) is 8.62. The molecule has 1 rings (SSSR count). The van der Waals surface area contributed by atoms with Crippen LogP contribution in [0.4, 0.5) is 5.69 Å². The molecule has 0 saturated heterocycles. The summed E-state index contributed by atoms with van der Waals surface area (Å²) in [6, 6.07) is 4.93. The van der Waals surface area contributed by atoms with E-state index in [9.17, 15) is 9.59 Å². The lowest BCUT2D eigenvalue weighted by molar-refractivity contribution is -0.111. The maximum atomic E-state index is 11.4. The number of hydrogen-bond donors (Lipinski definition) is 1. The number of nitrogens with one attached hydrogen (secondary N) is 1. The molecular weight excluding hydrogens is 230 g/mol. The number of anilines is 1. The summed E-state index contributed by atoms with van der Waals surface area (Å²) in [5, 5.41) is 2.67. The van der Waals surface area contributed by atoms with E-state index in [1.807, 2.05) is 0 Å². The summed E-state index contributed by atoms with van der Waals surface area (Å²) >= 11 is 0. The number of esters is 1. The first-order valence-corrected chi connectivity index (χ1v) is 5.38. The van der Waals surface area contributed by atoms with Crippen LogP contribution in [0.3, 0.4) is 0 Å². The number of amides is 1. The Morgan fingerprint density at radius 2 is 2.11 bits per heavy atom. The quantitative estimate of drug-likeness (QED) is 0.492. The fraction of sp³-hybridized carbons (Fsp3) is 0.143. The van der Waals surface area contributed by atoms with Crippen LogP contribution >= 0.6 is 0 Å². The standard InChI is InChI=1S/C14H15NO3/c1-4-6-10-9-11(14(17)18-3)7-8-12(10)15-13(16)5-2/h4-5,7-9H,1-2,6H2,3H3,(H,15,16). The van der Waals surface area contributed by atoms with Gasteiger partial charge in [-0.2, -0.15) is 0 Å². The Labute approximate surface area is 106 Å². The molecule has 1 amide bonds. The normalized spacial score (nSPS) is 9.39. The van der Waals surface area contributed by atoms with Crippen LogP contribution in [0.15, 0.2) is 43.5 Å². The smallest absolute Gasteiger partial charge is 0.337 e. The molecule has 0 spiro atoms. The highest BCUT2D eigenvalue weighted by molar-refractivity contribution is 6.00. The van der Waals surface area contributed by atoms with E-state index in [4.69, 9.17) is 0 Å². The number of benzene rings is 1. The third-order valence-electron chi connectivity index (χ3n) is 2.33. The summed E-state index contributed by atoms with van der Waals surface area (Å²) in [5.74, 6) is -0.715.